The zero-order valence-electron chi connectivity index (χ0n) is 6.47. The minimum atomic E-state index is 0. The topological polar surface area (TPSA) is 210 Å². The van der Waals surface area contributed by atoms with Gasteiger partial charge in [0.1, 0.15) is 0 Å². The van der Waals surface area contributed by atoms with Crippen molar-refractivity contribution in [2.75, 3.05) is 0 Å². The number of hydrogen-bond acceptors (Lipinski definition) is 12. The first-order chi connectivity index (χ1) is 5.66. The molecule has 0 aliphatic carbocycles. The first-order valence-electron chi connectivity index (χ1n) is 1.46. The van der Waals surface area contributed by atoms with Crippen LogP contribution in [0.2, 0.25) is 0 Å². The fraction of sp³-hybridized carbons (Fsp3) is 0. The SMILES string of the molecule is O=N[O-].O=N[O-].O=N[O-].O=N[O-].[Ca+2].[Ca+2]. The van der Waals surface area contributed by atoms with Crippen molar-refractivity contribution in [1.82, 2.24) is 0 Å². The van der Waals surface area contributed by atoms with Crippen LogP contribution in [0.15, 0.2) is 21.4 Å². The van der Waals surface area contributed by atoms with Gasteiger partial charge in [0.25, 0.3) is 0 Å². The third-order valence-electron chi connectivity index (χ3n) is 0. The van der Waals surface area contributed by atoms with Gasteiger partial charge in [-0.3, -0.25) is 0 Å². The van der Waals surface area contributed by atoms with Crippen LogP contribution in [0.3, 0.4) is 0 Å². The molecule has 0 aliphatic rings. The van der Waals surface area contributed by atoms with Gasteiger partial charge in [0, 0.05) is 0 Å². The normalized spacial score (nSPS) is 3.43. The van der Waals surface area contributed by atoms with Crippen LogP contribution in [0.4, 0.5) is 0 Å². The van der Waals surface area contributed by atoms with Gasteiger partial charge in [-0.25, -0.2) is 0 Å². The molecule has 0 aromatic carbocycles. The molecule has 0 rings (SSSR count). The van der Waals surface area contributed by atoms with E-state index in [0.717, 1.165) is 21.4 Å². The summed E-state index contributed by atoms with van der Waals surface area (Å²) >= 11 is 0. The van der Waals surface area contributed by atoms with Crippen LogP contribution in [0.25, 0.3) is 0 Å². The maximum absolute atomic E-state index is 8.00. The van der Waals surface area contributed by atoms with E-state index in [-0.39, 0.29) is 75.5 Å². The van der Waals surface area contributed by atoms with Gasteiger partial charge in [-0.1, -0.05) is 0 Å². The largest absolute Gasteiger partial charge is 2.00 e. The summed E-state index contributed by atoms with van der Waals surface area (Å²) in [5.41, 5.74) is 0. The summed E-state index contributed by atoms with van der Waals surface area (Å²) in [6, 6.07) is 0. The smallest absolute Gasteiger partial charge is 0.444 e. The van der Waals surface area contributed by atoms with E-state index in [1.165, 1.54) is 0 Å². The summed E-state index contributed by atoms with van der Waals surface area (Å²) in [6.07, 6.45) is 0. The van der Waals surface area contributed by atoms with Crippen LogP contribution in [-0.4, -0.2) is 75.5 Å². The van der Waals surface area contributed by atoms with Crippen molar-refractivity contribution in [2.24, 2.45) is 21.4 Å². The maximum Gasteiger partial charge on any atom is 2.00 e. The average molecular weight is 264 g/mol. The molecule has 12 nitrogen and oxygen atoms in total. The van der Waals surface area contributed by atoms with E-state index >= 15 is 0 Å². The molecule has 0 fully saturated rings. The van der Waals surface area contributed by atoms with Gasteiger partial charge in [0.15, 0.2) is 0 Å². The molecular formula is Ca2N4O8. The molecule has 0 saturated heterocycles. The first-order valence-corrected chi connectivity index (χ1v) is 1.46. The van der Waals surface area contributed by atoms with E-state index in [1.807, 2.05) is 0 Å². The Labute approximate surface area is 135 Å². The molecule has 0 N–H and O–H groups in total. The molecule has 72 valence electrons. The second kappa shape index (κ2) is 114. The van der Waals surface area contributed by atoms with Gasteiger partial charge >= 0.3 is 75.5 Å². The fourth-order valence-electron chi connectivity index (χ4n) is 0. The molecule has 0 atom stereocenters. The second-order valence-electron chi connectivity index (χ2n) is 0.298. The van der Waals surface area contributed by atoms with Crippen molar-refractivity contribution >= 4 is 75.5 Å². The standard InChI is InChI=1S/2Ca.4HNO2/c;;4*2-1-3/h;;4*(H,2,3)/q2*+2;;;;/p-4. The first kappa shape index (κ1) is 36.9. The van der Waals surface area contributed by atoms with Crippen LogP contribution in [0.1, 0.15) is 0 Å². The maximum atomic E-state index is 8.00. The Bertz CT molecular complexity index is 73.3. The molecule has 0 amide bonds. The number of nitrogens with zero attached hydrogens (tertiary/aromatic N) is 4. The molecule has 0 spiro atoms. The average Bonchev–Trinajstić information content (AvgIpc) is 1.92. The second-order valence-corrected chi connectivity index (χ2v) is 0.298. The molecule has 14 heavy (non-hydrogen) atoms. The van der Waals surface area contributed by atoms with Gasteiger partial charge in [0.05, 0.1) is 0 Å². The Morgan fingerprint density at radius 3 is 0.500 bits per heavy atom. The van der Waals surface area contributed by atoms with Crippen LogP contribution in [0, 0.1) is 40.5 Å². The molecule has 0 aromatic heterocycles. The molecule has 0 heterocycles. The minimum Gasteiger partial charge on any atom is -0.444 e. The van der Waals surface area contributed by atoms with Crippen molar-refractivity contribution in [3.8, 4) is 0 Å². The van der Waals surface area contributed by atoms with Crippen LogP contribution >= 0.6 is 0 Å². The third kappa shape index (κ3) is 105000. The van der Waals surface area contributed by atoms with Crippen LogP contribution < -0.4 is 0 Å². The fourth-order valence-corrected chi connectivity index (χ4v) is 0. The third-order valence-corrected chi connectivity index (χ3v) is 0. The van der Waals surface area contributed by atoms with E-state index < -0.39 is 0 Å². The molecule has 0 aliphatic heterocycles. The number of rotatable bonds is 0. The van der Waals surface area contributed by atoms with Gasteiger partial charge in [-0.05, 0) is 0 Å². The molecule has 0 unspecified atom stereocenters. The Balaban J connectivity index is -0.0000000145. The van der Waals surface area contributed by atoms with Crippen molar-refractivity contribution in [3.63, 3.8) is 0 Å². The summed E-state index contributed by atoms with van der Waals surface area (Å²) in [5.74, 6) is 0. The van der Waals surface area contributed by atoms with Crippen molar-refractivity contribution in [3.05, 3.63) is 40.5 Å². The van der Waals surface area contributed by atoms with Crippen molar-refractivity contribution in [1.29, 1.82) is 0 Å². The summed E-state index contributed by atoms with van der Waals surface area (Å²) in [7, 11) is 0. The summed E-state index contributed by atoms with van der Waals surface area (Å²) in [5, 5.41) is 36.0. The van der Waals surface area contributed by atoms with E-state index in [9.17, 15) is 0 Å². The summed E-state index contributed by atoms with van der Waals surface area (Å²) in [4.78, 5) is 32.0. The summed E-state index contributed by atoms with van der Waals surface area (Å²) in [6.45, 7) is 0. The monoisotopic (exact) mass is 264 g/mol. The van der Waals surface area contributed by atoms with E-state index in [0.29, 0.717) is 0 Å². The molecular weight excluding hydrogens is 264 g/mol. The van der Waals surface area contributed by atoms with Crippen LogP contribution in [-0.2, 0) is 0 Å². The zero-order chi connectivity index (χ0) is 10.8. The van der Waals surface area contributed by atoms with E-state index in [1.54, 1.807) is 0 Å². The Morgan fingerprint density at radius 2 is 0.500 bits per heavy atom. The summed E-state index contributed by atoms with van der Waals surface area (Å²) < 4.78 is 0. The molecule has 0 saturated carbocycles. The van der Waals surface area contributed by atoms with Crippen molar-refractivity contribution < 1.29 is 0 Å². The molecule has 14 heteroatoms. The molecule has 0 radical (unpaired) electrons. The number of hydrogen-bond donors (Lipinski definition) is 0. The Kier molecular flexibility index (Phi) is 299. The molecule has 0 aromatic rings. The molecule has 0 bridgehead atoms. The van der Waals surface area contributed by atoms with Crippen molar-refractivity contribution in [2.45, 2.75) is 0 Å². The minimum absolute atomic E-state index is 0. The van der Waals surface area contributed by atoms with Gasteiger partial charge in [-0.15, -0.1) is 21.4 Å². The Morgan fingerprint density at radius 1 is 0.500 bits per heavy atom. The van der Waals surface area contributed by atoms with E-state index in [2.05, 4.69) is 0 Å². The zero-order valence-corrected chi connectivity index (χ0v) is 10.9. The van der Waals surface area contributed by atoms with Gasteiger partial charge in [0.2, 0.25) is 0 Å². The van der Waals surface area contributed by atoms with Gasteiger partial charge in [-0.2, -0.15) is 0 Å². The predicted octanol–water partition coefficient (Wildman–Crippen LogP) is 0.241. The predicted molar refractivity (Wildman–Crippen MR) is 48.2 cm³/mol. The Hall–Kier alpha value is 0.119. The van der Waals surface area contributed by atoms with Crippen LogP contribution in [0.5, 0.6) is 0 Å². The van der Waals surface area contributed by atoms with Gasteiger partial charge < -0.3 is 40.5 Å². The van der Waals surface area contributed by atoms with E-state index in [4.69, 9.17) is 40.5 Å². The quantitative estimate of drug-likeness (QED) is 0.334.